The highest BCUT2D eigenvalue weighted by Crippen LogP contribution is 2.37. The first-order valence-electron chi connectivity index (χ1n) is 8.06. The largest absolute Gasteiger partial charge is 0.416 e. The van der Waals surface area contributed by atoms with E-state index in [0.717, 1.165) is 36.4 Å². The zero-order valence-electron chi connectivity index (χ0n) is 14.7. The van der Waals surface area contributed by atoms with E-state index >= 15 is 0 Å². The van der Waals surface area contributed by atoms with Gasteiger partial charge in [-0.3, -0.25) is 14.9 Å². The van der Waals surface area contributed by atoms with E-state index in [4.69, 9.17) is 6.42 Å². The average Bonchev–Trinajstić information content (AvgIpc) is 3.10. The normalized spacial score (nSPS) is 11.1. The third-order valence-electron chi connectivity index (χ3n) is 3.84. The van der Waals surface area contributed by atoms with Crippen molar-refractivity contribution in [1.82, 2.24) is 4.98 Å². The molecule has 30 heavy (non-hydrogen) atoms. The molecule has 0 aliphatic carbocycles. The van der Waals surface area contributed by atoms with E-state index in [1.165, 1.54) is 6.07 Å². The van der Waals surface area contributed by atoms with Gasteiger partial charge >= 0.3 is 6.18 Å². The zero-order valence-corrected chi connectivity index (χ0v) is 15.5. The van der Waals surface area contributed by atoms with Crippen LogP contribution in [0, 0.1) is 24.0 Å². The van der Waals surface area contributed by atoms with Gasteiger partial charge in [-0.05, 0) is 35.7 Å². The molecule has 0 saturated heterocycles. The molecule has 0 aliphatic heterocycles. The fraction of sp³-hybridized carbons (Fsp3) is 0.0500. The van der Waals surface area contributed by atoms with Crippen molar-refractivity contribution < 1.29 is 31.5 Å². The molecule has 10 heteroatoms. The fourth-order valence-corrected chi connectivity index (χ4v) is 3.46. The van der Waals surface area contributed by atoms with Crippen LogP contribution >= 0.6 is 11.3 Å². The van der Waals surface area contributed by atoms with Crippen molar-refractivity contribution in [3.8, 4) is 22.8 Å². The number of alkyl halides is 3. The van der Waals surface area contributed by atoms with Crippen LogP contribution < -0.4 is 5.32 Å². The van der Waals surface area contributed by atoms with Crippen molar-refractivity contribution in [3.63, 3.8) is 0 Å². The third-order valence-corrected chi connectivity index (χ3v) is 4.86. The van der Waals surface area contributed by atoms with Crippen molar-refractivity contribution in [1.29, 1.82) is 0 Å². The Morgan fingerprint density at radius 3 is 2.30 bits per heavy atom. The summed E-state index contributed by atoms with van der Waals surface area (Å²) in [6, 6.07) is 6.90. The summed E-state index contributed by atoms with van der Waals surface area (Å²) in [5.41, 5.74) is -2.23. The molecule has 2 aromatic carbocycles. The lowest BCUT2D eigenvalue weighted by Crippen LogP contribution is -2.15. The summed E-state index contributed by atoms with van der Waals surface area (Å²) >= 11 is 0.639. The SMILES string of the molecule is C#CC(=O)c1nc(NC(=O)c2c(F)cccc2F)sc1-c1cccc(C(F)(F)F)c1. The molecular formula is C20H9F5N2O2S. The van der Waals surface area contributed by atoms with Crippen LogP contribution in [0.25, 0.3) is 10.4 Å². The minimum Gasteiger partial charge on any atom is -0.298 e. The highest BCUT2D eigenvalue weighted by Gasteiger charge is 2.31. The number of anilines is 1. The predicted octanol–water partition coefficient (Wildman–Crippen LogP) is 5.18. The van der Waals surface area contributed by atoms with Gasteiger partial charge in [-0.15, -0.1) is 6.42 Å². The number of carbonyl (C=O) groups excluding carboxylic acids is 2. The number of terminal acetylenes is 1. The Morgan fingerprint density at radius 2 is 1.70 bits per heavy atom. The van der Waals surface area contributed by atoms with Crippen molar-refractivity contribution >= 4 is 28.2 Å². The van der Waals surface area contributed by atoms with Gasteiger partial charge in [-0.1, -0.05) is 29.5 Å². The number of aromatic nitrogens is 1. The van der Waals surface area contributed by atoms with Gasteiger partial charge < -0.3 is 0 Å². The van der Waals surface area contributed by atoms with Crippen LogP contribution in [0.4, 0.5) is 27.1 Å². The molecule has 1 N–H and O–H groups in total. The molecule has 3 rings (SSSR count). The quantitative estimate of drug-likeness (QED) is 0.266. The molecule has 0 fully saturated rings. The van der Waals surface area contributed by atoms with Gasteiger partial charge in [-0.2, -0.15) is 13.2 Å². The molecule has 3 aromatic rings. The number of Topliss-reactive ketones (excluding diaryl/α,β-unsaturated/α-hetero) is 1. The lowest BCUT2D eigenvalue weighted by molar-refractivity contribution is -0.137. The third kappa shape index (κ3) is 4.21. The summed E-state index contributed by atoms with van der Waals surface area (Å²) in [6.45, 7) is 0. The van der Waals surface area contributed by atoms with Crippen LogP contribution in [-0.4, -0.2) is 16.7 Å². The molecule has 152 valence electrons. The second-order valence-electron chi connectivity index (χ2n) is 5.80. The molecule has 4 nitrogen and oxygen atoms in total. The minimum absolute atomic E-state index is 0.0153. The Bertz CT molecular complexity index is 1170. The standard InChI is InChI=1S/C20H9F5N2O2S/c1-2-14(28)16-17(10-5-3-6-11(9-10)20(23,24)25)30-19(26-16)27-18(29)15-12(21)7-4-8-13(15)22/h1,3-9H,(H,26,27,29). The summed E-state index contributed by atoms with van der Waals surface area (Å²) < 4.78 is 66.6. The van der Waals surface area contributed by atoms with Crippen LogP contribution in [0.2, 0.25) is 0 Å². The molecule has 0 unspecified atom stereocenters. The molecule has 0 spiro atoms. The number of nitrogens with one attached hydrogen (secondary N) is 1. The summed E-state index contributed by atoms with van der Waals surface area (Å²) in [7, 11) is 0. The summed E-state index contributed by atoms with van der Waals surface area (Å²) in [4.78, 5) is 28.1. The minimum atomic E-state index is -4.63. The zero-order chi connectivity index (χ0) is 22.1. The van der Waals surface area contributed by atoms with Crippen molar-refractivity contribution in [3.05, 3.63) is 70.9 Å². The molecule has 1 heterocycles. The van der Waals surface area contributed by atoms with Crippen molar-refractivity contribution in [2.24, 2.45) is 0 Å². The second kappa shape index (κ2) is 8.04. The molecule has 0 aliphatic rings. The van der Waals surface area contributed by atoms with E-state index < -0.39 is 40.6 Å². The van der Waals surface area contributed by atoms with Crippen LogP contribution in [0.15, 0.2) is 42.5 Å². The van der Waals surface area contributed by atoms with Crippen molar-refractivity contribution in [2.45, 2.75) is 6.18 Å². The monoisotopic (exact) mass is 436 g/mol. The first kappa shape index (κ1) is 21.1. The van der Waals surface area contributed by atoms with E-state index in [2.05, 4.69) is 10.3 Å². The van der Waals surface area contributed by atoms with E-state index in [1.54, 1.807) is 5.92 Å². The van der Waals surface area contributed by atoms with Crippen molar-refractivity contribution in [2.75, 3.05) is 5.32 Å². The van der Waals surface area contributed by atoms with Gasteiger partial charge in [0.15, 0.2) is 5.13 Å². The lowest BCUT2D eigenvalue weighted by Gasteiger charge is -2.08. The number of nitrogens with zero attached hydrogens (tertiary/aromatic N) is 1. The average molecular weight is 436 g/mol. The smallest absolute Gasteiger partial charge is 0.298 e. The second-order valence-corrected chi connectivity index (χ2v) is 6.80. The number of ketones is 1. The first-order valence-corrected chi connectivity index (χ1v) is 8.88. The molecule has 1 amide bonds. The number of hydrogen-bond acceptors (Lipinski definition) is 4. The van der Waals surface area contributed by atoms with Gasteiger partial charge in [0.25, 0.3) is 11.7 Å². The Labute approximate surface area is 170 Å². The maximum atomic E-state index is 13.8. The maximum Gasteiger partial charge on any atom is 0.416 e. The van der Waals surface area contributed by atoms with Crippen LogP contribution in [-0.2, 0) is 6.18 Å². The lowest BCUT2D eigenvalue weighted by atomic mass is 10.1. The Morgan fingerprint density at radius 1 is 1.07 bits per heavy atom. The number of halogens is 5. The molecule has 0 saturated carbocycles. The summed E-state index contributed by atoms with van der Waals surface area (Å²) in [5.74, 6) is -2.56. The number of amides is 1. The molecule has 0 atom stereocenters. The van der Waals surface area contributed by atoms with Gasteiger partial charge in [0.1, 0.15) is 22.9 Å². The molecule has 0 radical (unpaired) electrons. The van der Waals surface area contributed by atoms with Gasteiger partial charge in [0.2, 0.25) is 0 Å². The van der Waals surface area contributed by atoms with Gasteiger partial charge in [0, 0.05) is 0 Å². The van der Waals surface area contributed by atoms with Crippen LogP contribution in [0.1, 0.15) is 26.4 Å². The number of thiazole rings is 1. The fourth-order valence-electron chi connectivity index (χ4n) is 2.50. The van der Waals surface area contributed by atoms with Crippen LogP contribution in [0.3, 0.4) is 0 Å². The van der Waals surface area contributed by atoms with Gasteiger partial charge in [0.05, 0.1) is 10.4 Å². The van der Waals surface area contributed by atoms with E-state index in [0.29, 0.717) is 11.3 Å². The Kier molecular flexibility index (Phi) is 5.67. The predicted molar refractivity (Wildman–Crippen MR) is 100 cm³/mol. The van der Waals surface area contributed by atoms with Gasteiger partial charge in [-0.25, -0.2) is 13.8 Å². The molecule has 1 aromatic heterocycles. The number of benzene rings is 2. The van der Waals surface area contributed by atoms with E-state index in [1.807, 2.05) is 0 Å². The topological polar surface area (TPSA) is 59.1 Å². The first-order chi connectivity index (χ1) is 14.1. The van der Waals surface area contributed by atoms with E-state index in [-0.39, 0.29) is 21.3 Å². The van der Waals surface area contributed by atoms with Crippen LogP contribution in [0.5, 0.6) is 0 Å². The Balaban J connectivity index is 2.04. The molecule has 0 bridgehead atoms. The van der Waals surface area contributed by atoms with E-state index in [9.17, 15) is 31.5 Å². The maximum absolute atomic E-state index is 13.8. The number of carbonyl (C=O) groups is 2. The highest BCUT2D eigenvalue weighted by atomic mass is 32.1. The molecular weight excluding hydrogens is 427 g/mol. The highest BCUT2D eigenvalue weighted by molar-refractivity contribution is 7.19. The Hall–Kier alpha value is -3.58. The summed E-state index contributed by atoms with van der Waals surface area (Å²) in [5, 5.41) is 1.87. The summed E-state index contributed by atoms with van der Waals surface area (Å²) in [6.07, 6.45) is 0.461. The number of hydrogen-bond donors (Lipinski definition) is 1. The number of rotatable bonds is 4.